The van der Waals surface area contributed by atoms with Crippen molar-refractivity contribution in [1.29, 1.82) is 4.78 Å². The standard InChI is InChI=1S/C4H5BrN2OS2/c5-3-1-2-4(9-3)10(6,7)8/h1-2H,(H3,6,7,8). The van der Waals surface area contributed by atoms with Crippen LogP contribution in [0.1, 0.15) is 0 Å². The lowest BCUT2D eigenvalue weighted by Crippen LogP contribution is -2.07. The molecule has 0 spiro atoms. The van der Waals surface area contributed by atoms with Crippen LogP contribution in [0.4, 0.5) is 0 Å². The Bertz CT molecular complexity index is 329. The van der Waals surface area contributed by atoms with Crippen LogP contribution in [0.25, 0.3) is 0 Å². The summed E-state index contributed by atoms with van der Waals surface area (Å²) in [6, 6.07) is 3.31. The van der Waals surface area contributed by atoms with Gasteiger partial charge in [-0.1, -0.05) is 0 Å². The van der Waals surface area contributed by atoms with Crippen LogP contribution in [0.2, 0.25) is 0 Å². The van der Waals surface area contributed by atoms with Gasteiger partial charge in [0.25, 0.3) is 0 Å². The van der Waals surface area contributed by atoms with Gasteiger partial charge in [-0.15, -0.1) is 11.3 Å². The first-order chi connectivity index (χ1) is 4.50. The van der Waals surface area contributed by atoms with Crippen LogP contribution in [-0.4, -0.2) is 4.21 Å². The van der Waals surface area contributed by atoms with Gasteiger partial charge in [-0.2, -0.15) is 0 Å². The molecule has 1 aromatic rings. The number of nitrogens with one attached hydrogen (secondary N) is 1. The average molecular weight is 241 g/mol. The lowest BCUT2D eigenvalue weighted by molar-refractivity contribution is 0.677. The van der Waals surface area contributed by atoms with Gasteiger partial charge in [0.1, 0.15) is 14.1 Å². The van der Waals surface area contributed by atoms with E-state index in [0.29, 0.717) is 4.21 Å². The zero-order valence-electron chi connectivity index (χ0n) is 4.83. The molecule has 1 atom stereocenters. The molecule has 0 radical (unpaired) electrons. The van der Waals surface area contributed by atoms with Crippen molar-refractivity contribution in [2.75, 3.05) is 0 Å². The monoisotopic (exact) mass is 240 g/mol. The summed E-state index contributed by atoms with van der Waals surface area (Å²) in [5, 5.41) is 5.05. The van der Waals surface area contributed by atoms with Crippen molar-refractivity contribution in [2.24, 2.45) is 5.14 Å². The molecule has 0 saturated heterocycles. The third kappa shape index (κ3) is 1.79. The molecule has 0 aliphatic carbocycles. The van der Waals surface area contributed by atoms with Crippen molar-refractivity contribution in [3.8, 4) is 0 Å². The van der Waals surface area contributed by atoms with E-state index in [-0.39, 0.29) is 0 Å². The number of hydrogen-bond donors (Lipinski definition) is 2. The topological polar surface area (TPSA) is 66.9 Å². The van der Waals surface area contributed by atoms with Crippen LogP contribution in [0, 0.1) is 4.78 Å². The zero-order chi connectivity index (χ0) is 7.78. The molecule has 0 bridgehead atoms. The van der Waals surface area contributed by atoms with Gasteiger partial charge in [0, 0.05) is 0 Å². The summed E-state index contributed by atoms with van der Waals surface area (Å²) >= 11 is 4.40. The minimum absolute atomic E-state index is 0.402. The third-order valence-corrected chi connectivity index (χ3v) is 3.99. The maximum absolute atomic E-state index is 10.8. The maximum atomic E-state index is 10.8. The van der Waals surface area contributed by atoms with Gasteiger partial charge in [0.15, 0.2) is 0 Å². The molecule has 0 aliphatic rings. The fourth-order valence-electron chi connectivity index (χ4n) is 0.461. The number of hydrogen-bond acceptors (Lipinski definition) is 3. The molecule has 0 amide bonds. The van der Waals surface area contributed by atoms with E-state index < -0.39 is 9.92 Å². The molecule has 0 aliphatic heterocycles. The van der Waals surface area contributed by atoms with E-state index in [2.05, 4.69) is 15.9 Å². The van der Waals surface area contributed by atoms with E-state index in [0.717, 1.165) is 3.79 Å². The second kappa shape index (κ2) is 2.61. The number of rotatable bonds is 1. The van der Waals surface area contributed by atoms with E-state index in [9.17, 15) is 4.21 Å². The van der Waals surface area contributed by atoms with Gasteiger partial charge in [-0.25, -0.2) is 14.1 Å². The second-order valence-electron chi connectivity index (χ2n) is 1.66. The summed E-state index contributed by atoms with van der Waals surface area (Å²) in [6.07, 6.45) is 0. The molecule has 1 rings (SSSR count). The minimum Gasteiger partial charge on any atom is -0.241 e. The number of halogens is 1. The molecule has 56 valence electrons. The predicted octanol–water partition coefficient (Wildman–Crippen LogP) is 1.79. The Hall–Kier alpha value is 0.0900. The molecule has 1 heterocycles. The van der Waals surface area contributed by atoms with Crippen molar-refractivity contribution in [2.45, 2.75) is 4.21 Å². The first-order valence-corrected chi connectivity index (χ1v) is 5.55. The van der Waals surface area contributed by atoms with Crippen LogP contribution in [0.5, 0.6) is 0 Å². The number of thiophene rings is 1. The quantitative estimate of drug-likeness (QED) is 0.773. The summed E-state index contributed by atoms with van der Waals surface area (Å²) in [7, 11) is -2.99. The van der Waals surface area contributed by atoms with Crippen LogP contribution in [0.3, 0.4) is 0 Å². The number of nitrogens with two attached hydrogens (primary N) is 1. The molecule has 0 fully saturated rings. The molecule has 0 aromatic carbocycles. The van der Waals surface area contributed by atoms with Crippen molar-refractivity contribution >= 4 is 37.2 Å². The highest BCUT2D eigenvalue weighted by atomic mass is 79.9. The Labute approximate surface area is 71.5 Å². The summed E-state index contributed by atoms with van der Waals surface area (Å²) in [6.45, 7) is 0. The average Bonchev–Trinajstić information content (AvgIpc) is 2.11. The van der Waals surface area contributed by atoms with Crippen molar-refractivity contribution < 1.29 is 4.21 Å². The van der Waals surface area contributed by atoms with Crippen LogP contribution < -0.4 is 5.14 Å². The molecule has 3 nitrogen and oxygen atoms in total. The molecular weight excluding hydrogens is 236 g/mol. The molecule has 10 heavy (non-hydrogen) atoms. The van der Waals surface area contributed by atoms with Gasteiger partial charge in [0.2, 0.25) is 0 Å². The Morgan fingerprint density at radius 3 is 2.50 bits per heavy atom. The van der Waals surface area contributed by atoms with Crippen molar-refractivity contribution in [3.05, 3.63) is 15.9 Å². The predicted molar refractivity (Wildman–Crippen MR) is 45.3 cm³/mol. The summed E-state index contributed by atoms with van der Waals surface area (Å²) in [4.78, 5) is 0. The Morgan fingerprint density at radius 2 is 2.30 bits per heavy atom. The van der Waals surface area contributed by atoms with E-state index in [1.54, 1.807) is 12.1 Å². The largest absolute Gasteiger partial charge is 0.241 e. The fourth-order valence-corrected chi connectivity index (χ4v) is 2.94. The Kier molecular flexibility index (Phi) is 2.14. The van der Waals surface area contributed by atoms with Gasteiger partial charge < -0.3 is 0 Å². The lowest BCUT2D eigenvalue weighted by atomic mass is 10.7. The molecule has 1 aromatic heterocycles. The molecule has 3 N–H and O–H groups in total. The highest BCUT2D eigenvalue weighted by molar-refractivity contribution is 9.11. The smallest absolute Gasteiger partial charge is 0.141 e. The zero-order valence-corrected chi connectivity index (χ0v) is 8.05. The summed E-state index contributed by atoms with van der Waals surface area (Å²) in [5.41, 5.74) is 0. The minimum atomic E-state index is -2.99. The van der Waals surface area contributed by atoms with Gasteiger partial charge in [0.05, 0.1) is 3.79 Å². The summed E-state index contributed by atoms with van der Waals surface area (Å²) in [5.74, 6) is 0. The normalized spacial score (nSPS) is 16.6. The SMILES string of the molecule is N=S(N)(=O)c1ccc(Br)s1. The van der Waals surface area contributed by atoms with Crippen molar-refractivity contribution in [3.63, 3.8) is 0 Å². The summed E-state index contributed by atoms with van der Waals surface area (Å²) < 4.78 is 19.1. The Balaban J connectivity index is 3.21. The second-order valence-corrected chi connectivity index (χ2v) is 6.02. The van der Waals surface area contributed by atoms with Crippen LogP contribution >= 0.6 is 27.3 Å². The fraction of sp³-hybridized carbons (Fsp3) is 0. The van der Waals surface area contributed by atoms with E-state index in [1.807, 2.05) is 0 Å². The molecule has 1 unspecified atom stereocenters. The van der Waals surface area contributed by atoms with Crippen LogP contribution in [-0.2, 0) is 9.92 Å². The Morgan fingerprint density at radius 1 is 1.70 bits per heavy atom. The van der Waals surface area contributed by atoms with Crippen LogP contribution in [0.15, 0.2) is 20.1 Å². The maximum Gasteiger partial charge on any atom is 0.141 e. The highest BCUT2D eigenvalue weighted by Gasteiger charge is 2.05. The van der Waals surface area contributed by atoms with E-state index >= 15 is 0 Å². The first-order valence-electron chi connectivity index (χ1n) is 2.32. The van der Waals surface area contributed by atoms with Gasteiger partial charge >= 0.3 is 0 Å². The van der Waals surface area contributed by atoms with Crippen molar-refractivity contribution in [1.82, 2.24) is 0 Å². The third-order valence-electron chi connectivity index (χ3n) is 0.847. The highest BCUT2D eigenvalue weighted by Crippen LogP contribution is 2.24. The van der Waals surface area contributed by atoms with E-state index in [4.69, 9.17) is 9.92 Å². The molecular formula is C4H5BrN2OS2. The lowest BCUT2D eigenvalue weighted by Gasteiger charge is -1.91. The molecule has 0 saturated carbocycles. The van der Waals surface area contributed by atoms with Gasteiger partial charge in [-0.05, 0) is 28.1 Å². The van der Waals surface area contributed by atoms with Gasteiger partial charge in [-0.3, -0.25) is 0 Å². The molecule has 6 heteroatoms. The van der Waals surface area contributed by atoms with E-state index in [1.165, 1.54) is 11.3 Å². The first kappa shape index (κ1) is 8.19.